The lowest BCUT2D eigenvalue weighted by Crippen LogP contribution is -2.00. The van der Waals surface area contributed by atoms with E-state index in [4.69, 9.17) is 15.0 Å². The van der Waals surface area contributed by atoms with E-state index in [2.05, 4.69) is 174 Å². The lowest BCUT2D eigenvalue weighted by Gasteiger charge is -2.13. The van der Waals surface area contributed by atoms with Crippen LogP contribution in [-0.4, -0.2) is 19.5 Å². The summed E-state index contributed by atoms with van der Waals surface area (Å²) in [5.41, 5.74) is 10.9. The Kier molecular flexibility index (Phi) is 7.78. The maximum Gasteiger partial charge on any atom is 0.164 e. The Hall–Kier alpha value is -7.69. The lowest BCUT2D eigenvalue weighted by molar-refractivity contribution is 1.07. The molecule has 2 heterocycles. The Labute approximate surface area is 330 Å². The fraction of sp³-hybridized carbons (Fsp3) is 0. The second-order valence-corrected chi connectivity index (χ2v) is 14.5. The first-order valence-corrected chi connectivity index (χ1v) is 19.3. The van der Waals surface area contributed by atoms with Gasteiger partial charge in [0.1, 0.15) is 0 Å². The van der Waals surface area contributed by atoms with Crippen molar-refractivity contribution in [2.75, 3.05) is 0 Å². The number of hydrogen-bond donors (Lipinski definition) is 0. The monoisotopic (exact) mass is 726 g/mol. The van der Waals surface area contributed by atoms with Crippen molar-refractivity contribution in [2.24, 2.45) is 0 Å². The van der Waals surface area contributed by atoms with Gasteiger partial charge in [-0.3, -0.25) is 0 Å². The van der Waals surface area contributed by atoms with Gasteiger partial charge in [0.25, 0.3) is 0 Å². The van der Waals surface area contributed by atoms with Crippen molar-refractivity contribution in [3.63, 3.8) is 0 Å². The molecular formula is C53H34N4. The van der Waals surface area contributed by atoms with E-state index in [1.807, 2.05) is 36.4 Å². The molecule has 0 aliphatic heterocycles. The molecule has 0 radical (unpaired) electrons. The van der Waals surface area contributed by atoms with Gasteiger partial charge in [0.05, 0.1) is 11.0 Å². The standard InChI is InChI=1S/C53H34N4/c1-3-13-35(14-4-1)40-25-26-42-33-44(28-27-41(42)31-40)53-55-51(37-16-5-2-6-17-37)54-52(56-53)43-20-11-18-38(32-43)39-19-12-21-45(34-39)57-49-24-10-9-23-47(49)48-30-29-36-15-7-8-22-46(36)50(48)57/h1-34H. The van der Waals surface area contributed by atoms with Crippen molar-refractivity contribution >= 4 is 43.4 Å². The molecule has 0 spiro atoms. The highest BCUT2D eigenvalue weighted by Gasteiger charge is 2.17. The summed E-state index contributed by atoms with van der Waals surface area (Å²) in [5.74, 6) is 1.91. The van der Waals surface area contributed by atoms with E-state index in [1.165, 1.54) is 49.1 Å². The van der Waals surface area contributed by atoms with Gasteiger partial charge in [-0.15, -0.1) is 0 Å². The van der Waals surface area contributed by atoms with Crippen LogP contribution in [0.4, 0.5) is 0 Å². The molecule has 0 atom stereocenters. The van der Waals surface area contributed by atoms with Gasteiger partial charge in [-0.1, -0.05) is 170 Å². The summed E-state index contributed by atoms with van der Waals surface area (Å²) < 4.78 is 2.41. The summed E-state index contributed by atoms with van der Waals surface area (Å²) in [7, 11) is 0. The number of benzene rings is 9. The largest absolute Gasteiger partial charge is 0.309 e. The van der Waals surface area contributed by atoms with Crippen molar-refractivity contribution in [1.29, 1.82) is 0 Å². The van der Waals surface area contributed by atoms with E-state index in [-0.39, 0.29) is 0 Å². The molecule has 266 valence electrons. The Bertz CT molecular complexity index is 3290. The Balaban J connectivity index is 1.02. The van der Waals surface area contributed by atoms with Crippen LogP contribution in [0.15, 0.2) is 206 Å². The molecular weight excluding hydrogens is 693 g/mol. The molecule has 0 unspecified atom stereocenters. The fourth-order valence-electron chi connectivity index (χ4n) is 8.21. The van der Waals surface area contributed by atoms with E-state index in [0.29, 0.717) is 17.5 Å². The molecule has 0 saturated carbocycles. The van der Waals surface area contributed by atoms with Crippen molar-refractivity contribution in [1.82, 2.24) is 19.5 Å². The first kappa shape index (κ1) is 32.7. The SMILES string of the molecule is c1ccc(-c2ccc3cc(-c4nc(-c5ccccc5)nc(-c5cccc(-c6cccc(-n7c8ccccc8c8ccc9ccccc9c87)c6)c5)n4)ccc3c2)cc1. The van der Waals surface area contributed by atoms with Gasteiger partial charge < -0.3 is 4.57 Å². The van der Waals surface area contributed by atoms with E-state index < -0.39 is 0 Å². The number of fused-ring (bicyclic) bond motifs is 6. The Morgan fingerprint density at radius 3 is 1.56 bits per heavy atom. The molecule has 0 aliphatic rings. The summed E-state index contributed by atoms with van der Waals surface area (Å²) in [6.45, 7) is 0. The predicted molar refractivity (Wildman–Crippen MR) is 236 cm³/mol. The topological polar surface area (TPSA) is 43.6 Å². The van der Waals surface area contributed by atoms with Crippen LogP contribution in [0, 0.1) is 0 Å². The molecule has 11 aromatic rings. The molecule has 2 aromatic heterocycles. The van der Waals surface area contributed by atoms with E-state index >= 15 is 0 Å². The van der Waals surface area contributed by atoms with Gasteiger partial charge in [-0.05, 0) is 74.8 Å². The first-order chi connectivity index (χ1) is 28.2. The van der Waals surface area contributed by atoms with Crippen LogP contribution >= 0.6 is 0 Å². The van der Waals surface area contributed by atoms with Crippen LogP contribution < -0.4 is 0 Å². The van der Waals surface area contributed by atoms with Crippen LogP contribution in [-0.2, 0) is 0 Å². The van der Waals surface area contributed by atoms with Gasteiger partial charge in [-0.25, -0.2) is 15.0 Å². The summed E-state index contributed by atoms with van der Waals surface area (Å²) in [4.78, 5) is 15.2. The quantitative estimate of drug-likeness (QED) is 0.171. The molecule has 0 amide bonds. The van der Waals surface area contributed by atoms with Crippen LogP contribution in [0.1, 0.15) is 0 Å². The summed E-state index contributed by atoms with van der Waals surface area (Å²) in [6.07, 6.45) is 0. The second kappa shape index (κ2) is 13.6. The third-order valence-electron chi connectivity index (χ3n) is 11.0. The molecule has 0 fully saturated rings. The zero-order valence-electron chi connectivity index (χ0n) is 30.9. The molecule has 0 saturated heterocycles. The molecule has 0 bridgehead atoms. The van der Waals surface area contributed by atoms with Gasteiger partial charge in [0, 0.05) is 38.5 Å². The smallest absolute Gasteiger partial charge is 0.164 e. The summed E-state index contributed by atoms with van der Waals surface area (Å²) in [6, 6.07) is 72.9. The first-order valence-electron chi connectivity index (χ1n) is 19.3. The van der Waals surface area contributed by atoms with Crippen LogP contribution in [0.25, 0.3) is 105 Å². The molecule has 57 heavy (non-hydrogen) atoms. The van der Waals surface area contributed by atoms with E-state index in [9.17, 15) is 0 Å². The third-order valence-corrected chi connectivity index (χ3v) is 11.0. The number of rotatable bonds is 6. The second-order valence-electron chi connectivity index (χ2n) is 14.5. The van der Waals surface area contributed by atoms with Gasteiger partial charge in [0.2, 0.25) is 0 Å². The molecule has 11 rings (SSSR count). The lowest BCUT2D eigenvalue weighted by atomic mass is 10.00. The highest BCUT2D eigenvalue weighted by Crippen LogP contribution is 2.38. The predicted octanol–water partition coefficient (Wildman–Crippen LogP) is 13.6. The molecule has 9 aromatic carbocycles. The number of nitrogens with zero attached hydrogens (tertiary/aromatic N) is 4. The Morgan fingerprint density at radius 2 is 0.789 bits per heavy atom. The highest BCUT2D eigenvalue weighted by atomic mass is 15.0. The normalized spacial score (nSPS) is 11.5. The third kappa shape index (κ3) is 5.83. The summed E-state index contributed by atoms with van der Waals surface area (Å²) >= 11 is 0. The van der Waals surface area contributed by atoms with E-state index in [1.54, 1.807) is 0 Å². The molecule has 0 aliphatic carbocycles. The van der Waals surface area contributed by atoms with Crippen LogP contribution in [0.5, 0.6) is 0 Å². The maximum absolute atomic E-state index is 5.14. The average molecular weight is 727 g/mol. The minimum atomic E-state index is 0.630. The van der Waals surface area contributed by atoms with Crippen molar-refractivity contribution in [3.05, 3.63) is 206 Å². The van der Waals surface area contributed by atoms with Gasteiger partial charge >= 0.3 is 0 Å². The van der Waals surface area contributed by atoms with Gasteiger partial charge in [-0.2, -0.15) is 0 Å². The van der Waals surface area contributed by atoms with E-state index in [0.717, 1.165) is 38.9 Å². The molecule has 4 heteroatoms. The minimum Gasteiger partial charge on any atom is -0.309 e. The number of aromatic nitrogens is 4. The number of hydrogen-bond acceptors (Lipinski definition) is 3. The van der Waals surface area contributed by atoms with Gasteiger partial charge in [0.15, 0.2) is 17.5 Å². The highest BCUT2D eigenvalue weighted by molar-refractivity contribution is 6.18. The molecule has 4 nitrogen and oxygen atoms in total. The van der Waals surface area contributed by atoms with Crippen molar-refractivity contribution in [3.8, 4) is 62.1 Å². The zero-order chi connectivity index (χ0) is 37.7. The zero-order valence-corrected chi connectivity index (χ0v) is 30.9. The van der Waals surface area contributed by atoms with Crippen LogP contribution in [0.3, 0.4) is 0 Å². The molecule has 0 N–H and O–H groups in total. The van der Waals surface area contributed by atoms with Crippen molar-refractivity contribution < 1.29 is 0 Å². The maximum atomic E-state index is 5.14. The fourth-order valence-corrected chi connectivity index (χ4v) is 8.21. The Morgan fingerprint density at radius 1 is 0.281 bits per heavy atom. The minimum absolute atomic E-state index is 0.630. The van der Waals surface area contributed by atoms with Crippen LogP contribution in [0.2, 0.25) is 0 Å². The summed E-state index contributed by atoms with van der Waals surface area (Å²) in [5, 5.41) is 7.26. The van der Waals surface area contributed by atoms with Crippen molar-refractivity contribution in [2.45, 2.75) is 0 Å². The average Bonchev–Trinajstić information content (AvgIpc) is 3.64. The number of para-hydroxylation sites is 1.